The number of carbonyl (C=O) groups is 1. The maximum absolute atomic E-state index is 10.7. The Morgan fingerprint density at radius 3 is 3.00 bits per heavy atom. The summed E-state index contributed by atoms with van der Waals surface area (Å²) >= 11 is 0. The normalized spacial score (nSPS) is 22.8. The lowest BCUT2D eigenvalue weighted by atomic mass is 10.0. The van der Waals surface area contributed by atoms with Crippen molar-refractivity contribution in [2.75, 3.05) is 13.1 Å². The third-order valence-corrected chi connectivity index (χ3v) is 3.27. The van der Waals surface area contributed by atoms with E-state index in [-0.39, 0.29) is 11.7 Å². The molecule has 0 spiro atoms. The first-order chi connectivity index (χ1) is 8.06. The summed E-state index contributed by atoms with van der Waals surface area (Å²) in [6.45, 7) is 4.17. The number of rotatable bonds is 4. The molecular formula is C12H17NO4. The van der Waals surface area contributed by atoms with Gasteiger partial charge in [0, 0.05) is 6.54 Å². The third kappa shape index (κ3) is 2.87. The predicted molar refractivity (Wildman–Crippen MR) is 60.7 cm³/mol. The van der Waals surface area contributed by atoms with E-state index in [4.69, 9.17) is 9.52 Å². The first-order valence-electron chi connectivity index (χ1n) is 5.77. The smallest absolute Gasteiger partial charge is 0.338 e. The quantitative estimate of drug-likeness (QED) is 0.825. The highest BCUT2D eigenvalue weighted by molar-refractivity contribution is 5.87. The van der Waals surface area contributed by atoms with Gasteiger partial charge in [-0.2, -0.15) is 0 Å². The first-order valence-corrected chi connectivity index (χ1v) is 5.77. The van der Waals surface area contributed by atoms with Gasteiger partial charge in [0.05, 0.1) is 18.2 Å². The molecule has 1 saturated heterocycles. The Morgan fingerprint density at radius 2 is 2.47 bits per heavy atom. The lowest BCUT2D eigenvalue weighted by molar-refractivity contribution is 0.0696. The van der Waals surface area contributed by atoms with E-state index in [9.17, 15) is 9.90 Å². The Morgan fingerprint density at radius 1 is 1.71 bits per heavy atom. The van der Waals surface area contributed by atoms with Crippen molar-refractivity contribution in [3.8, 4) is 0 Å². The zero-order valence-electron chi connectivity index (χ0n) is 9.80. The SMILES string of the molecule is CC(O)C1CCN(Cc2cc(C(=O)O)co2)C1. The van der Waals surface area contributed by atoms with Crippen LogP contribution in [0.1, 0.15) is 29.5 Å². The molecule has 0 radical (unpaired) electrons. The molecule has 5 heteroatoms. The topological polar surface area (TPSA) is 73.9 Å². The van der Waals surface area contributed by atoms with Crippen LogP contribution in [0.25, 0.3) is 0 Å². The van der Waals surface area contributed by atoms with E-state index in [2.05, 4.69) is 4.90 Å². The Hall–Kier alpha value is -1.33. The van der Waals surface area contributed by atoms with E-state index in [1.54, 1.807) is 6.07 Å². The molecular weight excluding hydrogens is 222 g/mol. The van der Waals surface area contributed by atoms with Crippen molar-refractivity contribution in [2.45, 2.75) is 26.0 Å². The molecule has 2 heterocycles. The minimum Gasteiger partial charge on any atom is -0.478 e. The first kappa shape index (κ1) is 12.1. The fraction of sp³-hybridized carbons (Fsp3) is 0.583. The van der Waals surface area contributed by atoms with Gasteiger partial charge in [-0.15, -0.1) is 0 Å². The molecule has 5 nitrogen and oxygen atoms in total. The Bertz CT molecular complexity index is 399. The molecule has 1 aromatic rings. The highest BCUT2D eigenvalue weighted by Crippen LogP contribution is 2.22. The van der Waals surface area contributed by atoms with Crippen LogP contribution in [0.3, 0.4) is 0 Å². The van der Waals surface area contributed by atoms with Crippen LogP contribution in [0.2, 0.25) is 0 Å². The van der Waals surface area contributed by atoms with Gasteiger partial charge in [-0.25, -0.2) is 4.79 Å². The molecule has 1 aromatic heterocycles. The number of carboxylic acids is 1. The molecule has 1 fully saturated rings. The van der Waals surface area contributed by atoms with E-state index in [1.165, 1.54) is 6.26 Å². The fourth-order valence-corrected chi connectivity index (χ4v) is 2.20. The molecule has 94 valence electrons. The Kier molecular flexibility index (Phi) is 3.49. The summed E-state index contributed by atoms with van der Waals surface area (Å²) in [6, 6.07) is 1.55. The summed E-state index contributed by atoms with van der Waals surface area (Å²) < 4.78 is 5.20. The summed E-state index contributed by atoms with van der Waals surface area (Å²) in [5.74, 6) is 0.000767. The number of furan rings is 1. The number of nitrogens with zero attached hydrogens (tertiary/aromatic N) is 1. The fourth-order valence-electron chi connectivity index (χ4n) is 2.20. The molecule has 2 unspecified atom stereocenters. The van der Waals surface area contributed by atoms with Crippen LogP contribution in [-0.4, -0.2) is 40.3 Å². The van der Waals surface area contributed by atoms with Gasteiger partial charge in [-0.05, 0) is 31.9 Å². The Labute approximate surface area is 99.6 Å². The van der Waals surface area contributed by atoms with E-state index in [0.717, 1.165) is 19.5 Å². The third-order valence-electron chi connectivity index (χ3n) is 3.27. The number of aliphatic hydroxyl groups excluding tert-OH is 1. The van der Waals surface area contributed by atoms with E-state index >= 15 is 0 Å². The molecule has 2 atom stereocenters. The summed E-state index contributed by atoms with van der Waals surface area (Å²) in [5.41, 5.74) is 0.186. The average Bonchev–Trinajstić information content (AvgIpc) is 2.87. The zero-order chi connectivity index (χ0) is 12.4. The molecule has 1 aliphatic rings. The van der Waals surface area contributed by atoms with Crippen LogP contribution in [0.4, 0.5) is 0 Å². The average molecular weight is 239 g/mol. The zero-order valence-corrected chi connectivity index (χ0v) is 9.80. The maximum Gasteiger partial charge on any atom is 0.338 e. The van der Waals surface area contributed by atoms with Gasteiger partial charge >= 0.3 is 5.97 Å². The molecule has 0 aromatic carbocycles. The van der Waals surface area contributed by atoms with Gasteiger partial charge in [0.25, 0.3) is 0 Å². The van der Waals surface area contributed by atoms with Gasteiger partial charge in [-0.3, -0.25) is 4.90 Å². The maximum atomic E-state index is 10.7. The standard InChI is InChI=1S/C12H17NO4/c1-8(14)9-2-3-13(5-9)6-11-4-10(7-17-11)12(15)16/h4,7-9,14H,2-3,5-6H2,1H3,(H,15,16). The van der Waals surface area contributed by atoms with Crippen LogP contribution < -0.4 is 0 Å². The number of hydrogen-bond donors (Lipinski definition) is 2. The Balaban J connectivity index is 1.91. The number of aromatic carboxylic acids is 1. The minimum absolute atomic E-state index is 0.186. The molecule has 2 rings (SSSR count). The van der Waals surface area contributed by atoms with Crippen LogP contribution in [0.15, 0.2) is 16.7 Å². The summed E-state index contributed by atoms with van der Waals surface area (Å²) in [7, 11) is 0. The van der Waals surface area contributed by atoms with Crippen LogP contribution in [0.5, 0.6) is 0 Å². The number of likely N-dealkylation sites (tertiary alicyclic amines) is 1. The van der Waals surface area contributed by atoms with E-state index in [1.807, 2.05) is 6.92 Å². The molecule has 17 heavy (non-hydrogen) atoms. The second kappa shape index (κ2) is 4.89. The molecule has 0 bridgehead atoms. The lowest BCUT2D eigenvalue weighted by Gasteiger charge is -2.15. The monoisotopic (exact) mass is 239 g/mol. The molecule has 2 N–H and O–H groups in total. The predicted octanol–water partition coefficient (Wildman–Crippen LogP) is 1.18. The van der Waals surface area contributed by atoms with Crippen LogP contribution >= 0.6 is 0 Å². The van der Waals surface area contributed by atoms with Crippen molar-refractivity contribution in [1.82, 2.24) is 4.90 Å². The molecule has 0 aliphatic carbocycles. The van der Waals surface area contributed by atoms with Gasteiger partial charge < -0.3 is 14.6 Å². The van der Waals surface area contributed by atoms with Gasteiger partial charge in [0.15, 0.2) is 0 Å². The van der Waals surface area contributed by atoms with Crippen molar-refractivity contribution in [3.63, 3.8) is 0 Å². The molecule has 0 saturated carbocycles. The molecule has 0 amide bonds. The second-order valence-electron chi connectivity index (χ2n) is 4.63. The van der Waals surface area contributed by atoms with Crippen LogP contribution in [0, 0.1) is 5.92 Å². The van der Waals surface area contributed by atoms with Crippen molar-refractivity contribution < 1.29 is 19.4 Å². The minimum atomic E-state index is -0.969. The number of carboxylic acid groups (broad SMARTS) is 1. The largest absolute Gasteiger partial charge is 0.478 e. The van der Waals surface area contributed by atoms with Gasteiger partial charge in [0.1, 0.15) is 12.0 Å². The van der Waals surface area contributed by atoms with Crippen molar-refractivity contribution in [2.24, 2.45) is 5.92 Å². The molecule has 1 aliphatic heterocycles. The van der Waals surface area contributed by atoms with Crippen molar-refractivity contribution in [3.05, 3.63) is 23.7 Å². The lowest BCUT2D eigenvalue weighted by Crippen LogP contribution is -2.23. The van der Waals surface area contributed by atoms with Crippen molar-refractivity contribution >= 4 is 5.97 Å². The van der Waals surface area contributed by atoms with E-state index < -0.39 is 5.97 Å². The van der Waals surface area contributed by atoms with E-state index in [0.29, 0.717) is 18.2 Å². The van der Waals surface area contributed by atoms with Crippen molar-refractivity contribution in [1.29, 1.82) is 0 Å². The van der Waals surface area contributed by atoms with Crippen LogP contribution in [-0.2, 0) is 6.54 Å². The second-order valence-corrected chi connectivity index (χ2v) is 4.63. The summed E-state index contributed by atoms with van der Waals surface area (Å²) in [4.78, 5) is 12.9. The number of hydrogen-bond acceptors (Lipinski definition) is 4. The summed E-state index contributed by atoms with van der Waals surface area (Å²) in [6.07, 6.45) is 1.95. The van der Waals surface area contributed by atoms with Gasteiger partial charge in [0.2, 0.25) is 0 Å². The highest BCUT2D eigenvalue weighted by atomic mass is 16.4. The summed E-state index contributed by atoms with van der Waals surface area (Å²) in [5, 5.41) is 18.3. The number of aliphatic hydroxyl groups is 1. The highest BCUT2D eigenvalue weighted by Gasteiger charge is 2.26. The van der Waals surface area contributed by atoms with Gasteiger partial charge in [-0.1, -0.05) is 0 Å².